The van der Waals surface area contributed by atoms with Gasteiger partial charge in [-0.1, -0.05) is 42.5 Å². The highest BCUT2D eigenvalue weighted by Gasteiger charge is 2.24. The zero-order chi connectivity index (χ0) is 23.2. The monoisotopic (exact) mass is 447 g/mol. The molecular weight excluding hydrogens is 417 g/mol. The van der Waals surface area contributed by atoms with E-state index in [0.29, 0.717) is 18.8 Å². The lowest BCUT2D eigenvalue weighted by Crippen LogP contribution is -2.43. The highest BCUT2D eigenvalue weighted by Crippen LogP contribution is 2.28. The van der Waals surface area contributed by atoms with Crippen molar-refractivity contribution in [3.63, 3.8) is 0 Å². The molecule has 0 atom stereocenters. The molecule has 0 aromatic heterocycles. The van der Waals surface area contributed by atoms with Gasteiger partial charge in [0.25, 0.3) is 0 Å². The van der Waals surface area contributed by atoms with E-state index in [2.05, 4.69) is 60.7 Å². The maximum atomic E-state index is 13.3. The molecule has 2 amide bonds. The molecule has 1 saturated heterocycles. The molecule has 5 nitrogen and oxygen atoms in total. The number of urea groups is 1. The second kappa shape index (κ2) is 10.5. The van der Waals surface area contributed by atoms with Gasteiger partial charge in [-0.05, 0) is 61.1 Å². The van der Waals surface area contributed by atoms with Crippen LogP contribution in [0.4, 0.5) is 14.9 Å². The topological polar surface area (TPSA) is 44.8 Å². The number of carbonyl (C=O) groups excluding carboxylic acids is 1. The first-order valence-electron chi connectivity index (χ1n) is 11.3. The normalized spacial score (nSPS) is 14.4. The maximum Gasteiger partial charge on any atom is 0.321 e. The number of nitrogens with one attached hydrogen (secondary N) is 1. The van der Waals surface area contributed by atoms with Crippen LogP contribution in [-0.2, 0) is 6.54 Å². The van der Waals surface area contributed by atoms with Crippen molar-refractivity contribution in [1.82, 2.24) is 9.80 Å². The first-order valence-corrected chi connectivity index (χ1v) is 11.3. The molecule has 6 heteroatoms. The van der Waals surface area contributed by atoms with Crippen LogP contribution in [-0.4, -0.2) is 49.1 Å². The summed E-state index contributed by atoms with van der Waals surface area (Å²) in [6.07, 6.45) is 1.57. The Morgan fingerprint density at radius 1 is 1.03 bits per heavy atom. The van der Waals surface area contributed by atoms with Gasteiger partial charge in [0, 0.05) is 38.2 Å². The van der Waals surface area contributed by atoms with Crippen molar-refractivity contribution in [1.29, 1.82) is 0 Å². The summed E-state index contributed by atoms with van der Waals surface area (Å²) >= 11 is 0. The lowest BCUT2D eigenvalue weighted by atomic mass is 9.99. The largest absolute Gasteiger partial charge is 0.490 e. The van der Waals surface area contributed by atoms with Crippen molar-refractivity contribution in [3.05, 3.63) is 84.2 Å². The standard InChI is InChI=1S/C27H30FN3O2/c1-30(2)19-21-6-3-4-9-26(21)20-10-12-24(13-11-20)33-25-14-16-31(17-15-25)27(32)29-23-8-5-7-22(28)18-23/h3-13,18,25H,14-17,19H2,1-2H3,(H,29,32). The predicted molar refractivity (Wildman–Crippen MR) is 130 cm³/mol. The zero-order valence-electron chi connectivity index (χ0n) is 19.1. The quantitative estimate of drug-likeness (QED) is 0.533. The van der Waals surface area contributed by atoms with Crippen LogP contribution in [0.5, 0.6) is 5.75 Å². The molecule has 0 saturated carbocycles. The van der Waals surface area contributed by atoms with Crippen molar-refractivity contribution in [2.24, 2.45) is 0 Å². The zero-order valence-corrected chi connectivity index (χ0v) is 19.1. The van der Waals surface area contributed by atoms with E-state index in [1.807, 2.05) is 12.1 Å². The molecule has 1 heterocycles. The van der Waals surface area contributed by atoms with E-state index in [4.69, 9.17) is 4.74 Å². The van der Waals surface area contributed by atoms with Crippen molar-refractivity contribution in [3.8, 4) is 16.9 Å². The van der Waals surface area contributed by atoms with Gasteiger partial charge in [-0.2, -0.15) is 0 Å². The molecule has 4 rings (SSSR count). The maximum absolute atomic E-state index is 13.3. The summed E-state index contributed by atoms with van der Waals surface area (Å²) in [5.74, 6) is 0.471. The minimum Gasteiger partial charge on any atom is -0.490 e. The summed E-state index contributed by atoms with van der Waals surface area (Å²) in [4.78, 5) is 16.4. The average molecular weight is 448 g/mol. The molecule has 1 aliphatic rings. The molecule has 0 bridgehead atoms. The summed E-state index contributed by atoms with van der Waals surface area (Å²) in [5, 5.41) is 2.76. The number of benzene rings is 3. The minimum atomic E-state index is -0.368. The lowest BCUT2D eigenvalue weighted by molar-refractivity contribution is 0.115. The van der Waals surface area contributed by atoms with Crippen LogP contribution in [0.25, 0.3) is 11.1 Å². The van der Waals surface area contributed by atoms with E-state index < -0.39 is 0 Å². The fourth-order valence-electron chi connectivity index (χ4n) is 4.13. The van der Waals surface area contributed by atoms with Crippen LogP contribution < -0.4 is 10.1 Å². The Balaban J connectivity index is 1.31. The van der Waals surface area contributed by atoms with Gasteiger partial charge < -0.3 is 19.9 Å². The van der Waals surface area contributed by atoms with Crippen molar-refractivity contribution >= 4 is 11.7 Å². The SMILES string of the molecule is CN(C)Cc1ccccc1-c1ccc(OC2CCN(C(=O)Nc3cccc(F)c3)CC2)cc1. The lowest BCUT2D eigenvalue weighted by Gasteiger charge is -2.32. The van der Waals surface area contributed by atoms with Crippen molar-refractivity contribution < 1.29 is 13.9 Å². The molecule has 172 valence electrons. The second-order valence-electron chi connectivity index (χ2n) is 8.66. The number of likely N-dealkylation sites (tertiary alicyclic amines) is 1. The van der Waals surface area contributed by atoms with Crippen LogP contribution in [0.1, 0.15) is 18.4 Å². The molecule has 1 aliphatic heterocycles. The van der Waals surface area contributed by atoms with E-state index in [9.17, 15) is 9.18 Å². The molecule has 33 heavy (non-hydrogen) atoms. The highest BCUT2D eigenvalue weighted by molar-refractivity contribution is 5.89. The molecule has 0 unspecified atom stereocenters. The second-order valence-corrected chi connectivity index (χ2v) is 8.66. The van der Waals surface area contributed by atoms with E-state index >= 15 is 0 Å². The van der Waals surface area contributed by atoms with E-state index in [1.165, 1.54) is 28.8 Å². The number of halogens is 1. The molecule has 0 radical (unpaired) electrons. The number of hydrogen-bond donors (Lipinski definition) is 1. The van der Waals surface area contributed by atoms with Gasteiger partial charge in [0.15, 0.2) is 0 Å². The molecule has 0 aliphatic carbocycles. The Morgan fingerprint density at radius 3 is 2.45 bits per heavy atom. The number of ether oxygens (including phenoxy) is 1. The third-order valence-electron chi connectivity index (χ3n) is 5.78. The molecule has 0 spiro atoms. The fraction of sp³-hybridized carbons (Fsp3) is 0.296. The van der Waals surface area contributed by atoms with Gasteiger partial charge in [0.1, 0.15) is 17.7 Å². The van der Waals surface area contributed by atoms with Gasteiger partial charge >= 0.3 is 6.03 Å². The van der Waals surface area contributed by atoms with Crippen LogP contribution in [0, 0.1) is 5.82 Å². The molecule has 3 aromatic rings. The van der Waals surface area contributed by atoms with E-state index in [1.54, 1.807) is 17.0 Å². The third-order valence-corrected chi connectivity index (χ3v) is 5.78. The van der Waals surface area contributed by atoms with Gasteiger partial charge in [0.2, 0.25) is 0 Å². The summed E-state index contributed by atoms with van der Waals surface area (Å²) in [7, 11) is 4.15. The Kier molecular flexibility index (Phi) is 7.25. The number of amides is 2. The van der Waals surface area contributed by atoms with Gasteiger partial charge in [-0.3, -0.25) is 0 Å². The van der Waals surface area contributed by atoms with Crippen LogP contribution >= 0.6 is 0 Å². The summed E-state index contributed by atoms with van der Waals surface area (Å²) in [5.41, 5.74) is 4.16. The first-order chi connectivity index (χ1) is 16.0. The van der Waals surface area contributed by atoms with Crippen LogP contribution in [0.2, 0.25) is 0 Å². The Hall–Kier alpha value is -3.38. The first kappa shape index (κ1) is 22.8. The number of nitrogens with zero attached hydrogens (tertiary/aromatic N) is 2. The Morgan fingerprint density at radius 2 is 1.76 bits per heavy atom. The third kappa shape index (κ3) is 6.11. The number of rotatable bonds is 6. The number of hydrogen-bond acceptors (Lipinski definition) is 3. The number of carbonyl (C=O) groups is 1. The van der Waals surface area contributed by atoms with Crippen molar-refractivity contribution in [2.45, 2.75) is 25.5 Å². The predicted octanol–water partition coefficient (Wildman–Crippen LogP) is 5.63. The van der Waals surface area contributed by atoms with E-state index in [-0.39, 0.29) is 18.0 Å². The summed E-state index contributed by atoms with van der Waals surface area (Å²) in [6, 6.07) is 22.4. The molecule has 1 N–H and O–H groups in total. The van der Waals surface area contributed by atoms with Crippen molar-refractivity contribution in [2.75, 3.05) is 32.5 Å². The van der Waals surface area contributed by atoms with Crippen LogP contribution in [0.15, 0.2) is 72.8 Å². The van der Waals surface area contributed by atoms with E-state index in [0.717, 1.165) is 25.1 Å². The summed E-state index contributed by atoms with van der Waals surface area (Å²) < 4.78 is 19.5. The Bertz CT molecular complexity index is 1080. The van der Waals surface area contributed by atoms with Crippen LogP contribution in [0.3, 0.4) is 0 Å². The molecular formula is C27H30FN3O2. The fourth-order valence-corrected chi connectivity index (χ4v) is 4.13. The van der Waals surface area contributed by atoms with Gasteiger partial charge in [-0.25, -0.2) is 9.18 Å². The average Bonchev–Trinajstić information content (AvgIpc) is 2.80. The highest BCUT2D eigenvalue weighted by atomic mass is 19.1. The Labute approximate surface area is 194 Å². The minimum absolute atomic E-state index is 0.0649. The smallest absolute Gasteiger partial charge is 0.321 e. The number of anilines is 1. The van der Waals surface area contributed by atoms with Gasteiger partial charge in [0.05, 0.1) is 0 Å². The molecule has 1 fully saturated rings. The molecule has 3 aromatic carbocycles. The number of piperidine rings is 1. The van der Waals surface area contributed by atoms with Gasteiger partial charge in [-0.15, -0.1) is 0 Å². The summed E-state index contributed by atoms with van der Waals surface area (Å²) in [6.45, 7) is 2.09.